The zero-order valence-corrected chi connectivity index (χ0v) is 19.1. The number of nitrogens with one attached hydrogen (secondary N) is 2. The first-order chi connectivity index (χ1) is 12.7. The van der Waals surface area contributed by atoms with Crippen molar-refractivity contribution < 1.29 is 4.74 Å². The van der Waals surface area contributed by atoms with E-state index in [0.29, 0.717) is 0 Å². The molecule has 0 atom stereocenters. The van der Waals surface area contributed by atoms with Crippen molar-refractivity contribution in [1.29, 1.82) is 0 Å². The SMILES string of the molecule is CN=C(NCc1cccc(C)c1)NCC1(N2CCOCC2)CCCCC1.I. The van der Waals surface area contributed by atoms with Crippen LogP contribution in [0.25, 0.3) is 0 Å². The third-order valence-corrected chi connectivity index (χ3v) is 5.82. The van der Waals surface area contributed by atoms with Gasteiger partial charge in [0.25, 0.3) is 0 Å². The molecule has 1 heterocycles. The number of nitrogens with zero attached hydrogens (tertiary/aromatic N) is 2. The summed E-state index contributed by atoms with van der Waals surface area (Å²) < 4.78 is 5.58. The second-order valence-corrected chi connectivity index (χ2v) is 7.65. The maximum Gasteiger partial charge on any atom is 0.191 e. The van der Waals surface area contributed by atoms with Crippen molar-refractivity contribution in [2.75, 3.05) is 39.9 Å². The van der Waals surface area contributed by atoms with Gasteiger partial charge in [0.1, 0.15) is 0 Å². The third kappa shape index (κ3) is 6.32. The summed E-state index contributed by atoms with van der Waals surface area (Å²) >= 11 is 0. The van der Waals surface area contributed by atoms with Crippen LogP contribution in [0.3, 0.4) is 0 Å². The topological polar surface area (TPSA) is 48.9 Å². The molecule has 6 heteroatoms. The number of guanidine groups is 1. The van der Waals surface area contributed by atoms with E-state index in [9.17, 15) is 0 Å². The zero-order chi connectivity index (χ0) is 18.2. The second-order valence-electron chi connectivity index (χ2n) is 7.65. The Morgan fingerprint density at radius 2 is 1.89 bits per heavy atom. The van der Waals surface area contributed by atoms with Crippen molar-refractivity contribution in [2.45, 2.75) is 51.1 Å². The average molecular weight is 486 g/mol. The van der Waals surface area contributed by atoms with Gasteiger partial charge in [0.2, 0.25) is 0 Å². The summed E-state index contributed by atoms with van der Waals surface area (Å²) in [7, 11) is 1.86. The van der Waals surface area contributed by atoms with Crippen LogP contribution >= 0.6 is 24.0 Å². The van der Waals surface area contributed by atoms with E-state index in [1.54, 1.807) is 0 Å². The minimum Gasteiger partial charge on any atom is -0.379 e. The number of benzene rings is 1. The van der Waals surface area contributed by atoms with Crippen LogP contribution in [0.5, 0.6) is 0 Å². The van der Waals surface area contributed by atoms with Gasteiger partial charge in [0.05, 0.1) is 13.2 Å². The third-order valence-electron chi connectivity index (χ3n) is 5.82. The molecule has 27 heavy (non-hydrogen) atoms. The molecule has 1 aliphatic carbocycles. The largest absolute Gasteiger partial charge is 0.379 e. The first kappa shape index (κ1) is 22.4. The van der Waals surface area contributed by atoms with E-state index in [1.807, 2.05) is 7.05 Å². The van der Waals surface area contributed by atoms with Gasteiger partial charge in [-0.25, -0.2) is 0 Å². The van der Waals surface area contributed by atoms with E-state index in [4.69, 9.17) is 4.74 Å². The Kier molecular flexibility index (Phi) is 9.32. The molecule has 0 radical (unpaired) electrons. The number of rotatable bonds is 5. The van der Waals surface area contributed by atoms with Crippen LogP contribution in [0.4, 0.5) is 0 Å². The monoisotopic (exact) mass is 486 g/mol. The van der Waals surface area contributed by atoms with E-state index in [1.165, 1.54) is 43.2 Å². The maximum atomic E-state index is 5.58. The van der Waals surface area contributed by atoms with Gasteiger partial charge in [0.15, 0.2) is 5.96 Å². The van der Waals surface area contributed by atoms with E-state index >= 15 is 0 Å². The van der Waals surface area contributed by atoms with Gasteiger partial charge in [-0.15, -0.1) is 24.0 Å². The van der Waals surface area contributed by atoms with Crippen LogP contribution < -0.4 is 10.6 Å². The number of halogens is 1. The van der Waals surface area contributed by atoms with Gasteiger partial charge in [-0.3, -0.25) is 9.89 Å². The highest BCUT2D eigenvalue weighted by Gasteiger charge is 2.38. The number of aryl methyl sites for hydroxylation is 1. The van der Waals surface area contributed by atoms with Crippen LogP contribution in [0.2, 0.25) is 0 Å². The average Bonchev–Trinajstić information content (AvgIpc) is 2.69. The van der Waals surface area contributed by atoms with Crippen LogP contribution in [-0.2, 0) is 11.3 Å². The van der Waals surface area contributed by atoms with Crippen LogP contribution in [-0.4, -0.2) is 56.3 Å². The molecular formula is C21H35IN4O. The lowest BCUT2D eigenvalue weighted by atomic mass is 9.80. The van der Waals surface area contributed by atoms with Crippen molar-refractivity contribution in [3.8, 4) is 0 Å². The summed E-state index contributed by atoms with van der Waals surface area (Å²) in [6.45, 7) is 7.72. The lowest BCUT2D eigenvalue weighted by molar-refractivity contribution is -0.0352. The fourth-order valence-electron chi connectivity index (χ4n) is 4.33. The smallest absolute Gasteiger partial charge is 0.191 e. The van der Waals surface area contributed by atoms with E-state index in [-0.39, 0.29) is 29.5 Å². The zero-order valence-electron chi connectivity index (χ0n) is 16.8. The molecule has 1 aromatic rings. The Balaban J connectivity index is 0.00000261. The predicted octanol–water partition coefficient (Wildman–Crippen LogP) is 3.31. The molecule has 2 N–H and O–H groups in total. The predicted molar refractivity (Wildman–Crippen MR) is 123 cm³/mol. The normalized spacial score (nSPS) is 20.6. The Hall–Kier alpha value is -0.860. The molecule has 2 fully saturated rings. The standard InChI is InChI=1S/C21H34N4O.HI/c1-18-7-6-8-19(15-18)16-23-20(22-2)24-17-21(9-4-3-5-10-21)25-11-13-26-14-12-25;/h6-8,15H,3-5,9-14,16-17H2,1-2H3,(H2,22,23,24);1H. The molecule has 1 saturated carbocycles. The van der Waals surface area contributed by atoms with Crippen molar-refractivity contribution in [2.24, 2.45) is 4.99 Å². The lowest BCUT2D eigenvalue weighted by Crippen LogP contribution is -2.60. The quantitative estimate of drug-likeness (QED) is 0.381. The molecule has 2 aliphatic rings. The molecule has 0 bridgehead atoms. The first-order valence-electron chi connectivity index (χ1n) is 10.0. The van der Waals surface area contributed by atoms with Gasteiger partial charge in [-0.2, -0.15) is 0 Å². The minimum atomic E-state index is 0. The van der Waals surface area contributed by atoms with Gasteiger partial charge in [0, 0.05) is 38.8 Å². The van der Waals surface area contributed by atoms with E-state index in [0.717, 1.165) is 45.4 Å². The Morgan fingerprint density at radius 3 is 2.56 bits per heavy atom. The van der Waals surface area contributed by atoms with Gasteiger partial charge in [-0.1, -0.05) is 49.1 Å². The summed E-state index contributed by atoms with van der Waals surface area (Å²) in [6, 6.07) is 8.62. The molecule has 1 aromatic carbocycles. The molecule has 0 unspecified atom stereocenters. The Bertz CT molecular complexity index is 596. The highest BCUT2D eigenvalue weighted by atomic mass is 127. The van der Waals surface area contributed by atoms with Crippen molar-refractivity contribution in [3.05, 3.63) is 35.4 Å². The molecule has 1 saturated heterocycles. The first-order valence-corrected chi connectivity index (χ1v) is 10.0. The number of hydrogen-bond acceptors (Lipinski definition) is 3. The highest BCUT2D eigenvalue weighted by molar-refractivity contribution is 14.0. The van der Waals surface area contributed by atoms with Gasteiger partial charge < -0.3 is 15.4 Å². The van der Waals surface area contributed by atoms with E-state index in [2.05, 4.69) is 51.7 Å². The Morgan fingerprint density at radius 1 is 1.15 bits per heavy atom. The summed E-state index contributed by atoms with van der Waals surface area (Å²) in [5.74, 6) is 0.893. The van der Waals surface area contributed by atoms with E-state index < -0.39 is 0 Å². The molecule has 1 aliphatic heterocycles. The van der Waals surface area contributed by atoms with Crippen molar-refractivity contribution in [3.63, 3.8) is 0 Å². The number of ether oxygens (including phenoxy) is 1. The molecule has 152 valence electrons. The molecular weight excluding hydrogens is 451 g/mol. The van der Waals surface area contributed by atoms with Crippen molar-refractivity contribution >= 4 is 29.9 Å². The molecule has 3 rings (SSSR count). The van der Waals surface area contributed by atoms with Crippen molar-refractivity contribution in [1.82, 2.24) is 15.5 Å². The lowest BCUT2D eigenvalue weighted by Gasteiger charge is -2.48. The fraction of sp³-hybridized carbons (Fsp3) is 0.667. The summed E-state index contributed by atoms with van der Waals surface area (Å²) in [5, 5.41) is 7.09. The van der Waals surface area contributed by atoms with Crippen LogP contribution in [0.15, 0.2) is 29.3 Å². The molecule has 0 spiro atoms. The van der Waals surface area contributed by atoms with Gasteiger partial charge >= 0.3 is 0 Å². The summed E-state index contributed by atoms with van der Waals surface area (Å²) in [4.78, 5) is 7.10. The van der Waals surface area contributed by atoms with Crippen LogP contribution in [0, 0.1) is 6.92 Å². The highest BCUT2D eigenvalue weighted by Crippen LogP contribution is 2.33. The minimum absolute atomic E-state index is 0. The van der Waals surface area contributed by atoms with Gasteiger partial charge in [-0.05, 0) is 25.3 Å². The number of morpholine rings is 1. The summed E-state index contributed by atoms with van der Waals surface area (Å²) in [6.07, 6.45) is 6.57. The summed E-state index contributed by atoms with van der Waals surface area (Å²) in [5.41, 5.74) is 2.83. The number of aliphatic imine (C=N–C) groups is 1. The fourth-order valence-corrected chi connectivity index (χ4v) is 4.33. The van der Waals surface area contributed by atoms with Crippen LogP contribution in [0.1, 0.15) is 43.2 Å². The maximum absolute atomic E-state index is 5.58. The Labute approximate surface area is 181 Å². The number of hydrogen-bond donors (Lipinski definition) is 2. The molecule has 0 aromatic heterocycles. The molecule has 0 amide bonds. The molecule has 5 nitrogen and oxygen atoms in total. The second kappa shape index (κ2) is 11.2.